The monoisotopic (exact) mass is 133 g/mol. The van der Waals surface area contributed by atoms with Crippen molar-refractivity contribution in [1.82, 2.24) is 4.57 Å². The summed E-state index contributed by atoms with van der Waals surface area (Å²) in [7, 11) is 1.03. The average Bonchev–Trinajstić information content (AvgIpc) is 1.64. The maximum atomic E-state index is 12.4. The molecule has 0 radical (unpaired) electrons. The molecule has 0 saturated carbocycles. The van der Waals surface area contributed by atoms with E-state index in [2.05, 4.69) is 4.57 Å². The van der Waals surface area contributed by atoms with Crippen LogP contribution in [-0.2, 0) is 0 Å². The molecule has 3 heteroatoms. The second kappa shape index (κ2) is 2.59. The van der Waals surface area contributed by atoms with Crippen molar-refractivity contribution in [1.29, 1.82) is 0 Å². The number of hydrogen-bond donors (Lipinski definition) is 0. The predicted molar refractivity (Wildman–Crippen MR) is 35.6 cm³/mol. The fraction of sp³-hybridized carbons (Fsp3) is 1.00. The number of nitrogens with zero attached hydrogens (tertiary/aromatic N) is 1. The first-order valence-corrected chi connectivity index (χ1v) is 4.01. The van der Waals surface area contributed by atoms with E-state index in [4.69, 9.17) is 0 Å². The van der Waals surface area contributed by atoms with E-state index in [1.807, 2.05) is 0 Å². The van der Waals surface area contributed by atoms with E-state index in [1.54, 1.807) is 0 Å². The van der Waals surface area contributed by atoms with Gasteiger partial charge in [0.25, 0.3) is 0 Å². The lowest BCUT2D eigenvalue weighted by Crippen LogP contribution is -2.34. The Morgan fingerprint density at radius 2 is 2.38 bits per heavy atom. The Kier molecular flexibility index (Phi) is 2.02. The summed E-state index contributed by atoms with van der Waals surface area (Å²) in [6, 6.07) is 0. The van der Waals surface area contributed by atoms with Crippen LogP contribution < -0.4 is 0 Å². The summed E-state index contributed by atoms with van der Waals surface area (Å²) in [5.74, 6) is 0. The molecular weight excluding hydrogens is 121 g/mol. The van der Waals surface area contributed by atoms with Crippen LogP contribution in [0.3, 0.4) is 0 Å². The van der Waals surface area contributed by atoms with Gasteiger partial charge >= 0.3 is 0 Å². The van der Waals surface area contributed by atoms with E-state index in [0.717, 1.165) is 29.8 Å². The number of piperidine rings is 1. The van der Waals surface area contributed by atoms with Gasteiger partial charge in [0.1, 0.15) is 6.17 Å². The molecule has 0 aromatic carbocycles. The highest BCUT2D eigenvalue weighted by Gasteiger charge is 2.14. The highest BCUT2D eigenvalue weighted by molar-refractivity contribution is 6.04. The van der Waals surface area contributed by atoms with Gasteiger partial charge in [0.2, 0.25) is 0 Å². The Morgan fingerprint density at radius 1 is 1.62 bits per heavy atom. The van der Waals surface area contributed by atoms with Gasteiger partial charge in [-0.25, -0.2) is 4.39 Å². The lowest BCUT2D eigenvalue weighted by atomic mass is 10.1. The molecule has 1 rings (SSSR count). The van der Waals surface area contributed by atoms with Gasteiger partial charge < -0.3 is 4.57 Å². The fourth-order valence-corrected chi connectivity index (χ4v) is 1.82. The zero-order chi connectivity index (χ0) is 5.98. The number of alkyl halides is 1. The van der Waals surface area contributed by atoms with Crippen molar-refractivity contribution in [2.24, 2.45) is 0 Å². The van der Waals surface area contributed by atoms with Gasteiger partial charge in [-0.1, -0.05) is 0 Å². The first-order valence-electron chi connectivity index (χ1n) is 3.11. The van der Waals surface area contributed by atoms with Crippen LogP contribution in [0, 0.1) is 0 Å². The second-order valence-electron chi connectivity index (χ2n) is 2.50. The van der Waals surface area contributed by atoms with Crippen molar-refractivity contribution in [3.8, 4) is 0 Å². The summed E-state index contributed by atoms with van der Waals surface area (Å²) in [5, 5.41) is 0. The molecular formula is C5H12FNSi. The van der Waals surface area contributed by atoms with E-state index in [1.165, 1.54) is 0 Å². The standard InChI is InChI=1S/C5H12FNSi/c6-5-2-1-3-7(8)4-5/h5H,1-4H2,8H3. The minimum atomic E-state index is -0.527. The van der Waals surface area contributed by atoms with Gasteiger partial charge in [-0.15, -0.1) is 0 Å². The van der Waals surface area contributed by atoms with E-state index >= 15 is 0 Å². The van der Waals surface area contributed by atoms with E-state index in [-0.39, 0.29) is 0 Å². The summed E-state index contributed by atoms with van der Waals surface area (Å²) in [6.07, 6.45) is 1.32. The van der Waals surface area contributed by atoms with Crippen molar-refractivity contribution >= 4 is 10.4 Å². The molecule has 1 fully saturated rings. The summed E-state index contributed by atoms with van der Waals surface area (Å²) in [6.45, 7) is 1.83. The second-order valence-corrected chi connectivity index (χ2v) is 3.77. The lowest BCUT2D eigenvalue weighted by Gasteiger charge is -2.24. The highest BCUT2D eigenvalue weighted by atomic mass is 28.2. The Balaban J connectivity index is 2.23. The summed E-state index contributed by atoms with van der Waals surface area (Å²) < 4.78 is 14.6. The molecule has 8 heavy (non-hydrogen) atoms. The molecule has 0 aliphatic carbocycles. The van der Waals surface area contributed by atoms with Gasteiger partial charge in [-0.05, 0) is 19.4 Å². The minimum absolute atomic E-state index is 0.527. The topological polar surface area (TPSA) is 3.24 Å². The third kappa shape index (κ3) is 1.56. The predicted octanol–water partition coefficient (Wildman–Crippen LogP) is -0.299. The van der Waals surface area contributed by atoms with Crippen LogP contribution in [0.5, 0.6) is 0 Å². The van der Waals surface area contributed by atoms with Crippen molar-refractivity contribution in [2.45, 2.75) is 19.0 Å². The van der Waals surface area contributed by atoms with Crippen molar-refractivity contribution in [2.75, 3.05) is 13.1 Å². The molecule has 1 aliphatic heterocycles. The van der Waals surface area contributed by atoms with E-state index in [0.29, 0.717) is 6.54 Å². The summed E-state index contributed by atoms with van der Waals surface area (Å²) in [5.41, 5.74) is 0. The smallest absolute Gasteiger partial charge is 0.112 e. The molecule has 1 heterocycles. The SMILES string of the molecule is FC1CCCN([SiH3])C1. The van der Waals surface area contributed by atoms with E-state index < -0.39 is 6.17 Å². The molecule has 0 aromatic rings. The van der Waals surface area contributed by atoms with Crippen LogP contribution in [-0.4, -0.2) is 34.2 Å². The van der Waals surface area contributed by atoms with Crippen LogP contribution in [0.2, 0.25) is 0 Å². The largest absolute Gasteiger partial charge is 0.329 e. The molecule has 0 amide bonds. The lowest BCUT2D eigenvalue weighted by molar-refractivity contribution is 0.207. The summed E-state index contributed by atoms with van der Waals surface area (Å²) >= 11 is 0. The number of halogens is 1. The van der Waals surface area contributed by atoms with Crippen LogP contribution in [0.4, 0.5) is 4.39 Å². The molecule has 1 saturated heterocycles. The van der Waals surface area contributed by atoms with Crippen LogP contribution in [0.1, 0.15) is 12.8 Å². The first kappa shape index (κ1) is 6.23. The fourth-order valence-electron chi connectivity index (χ4n) is 1.10. The van der Waals surface area contributed by atoms with Crippen LogP contribution >= 0.6 is 0 Å². The Bertz CT molecular complexity index is 70.8. The average molecular weight is 133 g/mol. The Labute approximate surface area is 52.4 Å². The molecule has 1 atom stereocenters. The van der Waals surface area contributed by atoms with Crippen LogP contribution in [0.25, 0.3) is 0 Å². The number of hydrogen-bond acceptors (Lipinski definition) is 1. The van der Waals surface area contributed by atoms with Crippen molar-refractivity contribution in [3.05, 3.63) is 0 Å². The van der Waals surface area contributed by atoms with Crippen molar-refractivity contribution < 1.29 is 4.39 Å². The van der Waals surface area contributed by atoms with Gasteiger partial charge in [0.05, 0.1) is 10.4 Å². The summed E-state index contributed by atoms with van der Waals surface area (Å²) in [4.78, 5) is 0. The molecule has 1 nitrogen and oxygen atoms in total. The van der Waals surface area contributed by atoms with Gasteiger partial charge in [-0.3, -0.25) is 0 Å². The third-order valence-corrected chi connectivity index (χ3v) is 2.38. The van der Waals surface area contributed by atoms with E-state index in [9.17, 15) is 4.39 Å². The molecule has 0 aromatic heterocycles. The third-order valence-electron chi connectivity index (χ3n) is 1.57. The quantitative estimate of drug-likeness (QED) is 0.410. The number of rotatable bonds is 0. The van der Waals surface area contributed by atoms with Gasteiger partial charge in [0.15, 0.2) is 0 Å². The highest BCUT2D eigenvalue weighted by Crippen LogP contribution is 2.09. The minimum Gasteiger partial charge on any atom is -0.329 e. The van der Waals surface area contributed by atoms with Gasteiger partial charge in [-0.2, -0.15) is 0 Å². The zero-order valence-electron chi connectivity index (χ0n) is 5.23. The molecule has 1 aliphatic rings. The Hall–Kier alpha value is 0.107. The molecule has 0 spiro atoms. The maximum Gasteiger partial charge on any atom is 0.112 e. The maximum absolute atomic E-state index is 12.4. The van der Waals surface area contributed by atoms with Gasteiger partial charge in [0, 0.05) is 6.54 Å². The normalized spacial score (nSPS) is 33.4. The molecule has 0 bridgehead atoms. The Morgan fingerprint density at radius 3 is 2.75 bits per heavy atom. The van der Waals surface area contributed by atoms with Crippen molar-refractivity contribution in [3.63, 3.8) is 0 Å². The van der Waals surface area contributed by atoms with Crippen LogP contribution in [0.15, 0.2) is 0 Å². The molecule has 0 N–H and O–H groups in total. The zero-order valence-corrected chi connectivity index (χ0v) is 7.23. The molecule has 48 valence electrons. The first-order chi connectivity index (χ1) is 3.79. The molecule has 1 unspecified atom stereocenters.